The molecular weight excluding hydrogens is 182 g/mol. The van der Waals surface area contributed by atoms with Gasteiger partial charge in [0.15, 0.2) is 0 Å². The molecule has 0 unspecified atom stereocenters. The molecule has 0 fully saturated rings. The summed E-state index contributed by atoms with van der Waals surface area (Å²) in [5.41, 5.74) is 2.69. The monoisotopic (exact) mass is 199 g/mol. The van der Waals surface area contributed by atoms with Crippen molar-refractivity contribution in [1.29, 1.82) is 5.26 Å². The first-order valence-corrected chi connectivity index (χ1v) is 4.84. The minimum atomic E-state index is 0.469. The molecular formula is C14H17N. The van der Waals surface area contributed by atoms with E-state index in [9.17, 15) is 0 Å². The molecule has 0 aliphatic heterocycles. The van der Waals surface area contributed by atoms with Gasteiger partial charge in [0.2, 0.25) is 0 Å². The highest BCUT2D eigenvalue weighted by Crippen LogP contribution is 2.05. The Morgan fingerprint density at radius 2 is 1.93 bits per heavy atom. The van der Waals surface area contributed by atoms with Gasteiger partial charge in [-0.05, 0) is 26.3 Å². The van der Waals surface area contributed by atoms with E-state index in [4.69, 9.17) is 5.26 Å². The lowest BCUT2D eigenvalue weighted by Crippen LogP contribution is -1.74. The van der Waals surface area contributed by atoms with Gasteiger partial charge in [-0.1, -0.05) is 48.6 Å². The van der Waals surface area contributed by atoms with Crippen molar-refractivity contribution in [2.24, 2.45) is 0 Å². The molecule has 0 aromatic carbocycles. The smallest absolute Gasteiger partial charge is 0.0985 e. The molecule has 0 atom stereocenters. The molecule has 0 aliphatic carbocycles. The second kappa shape index (κ2) is 7.58. The quantitative estimate of drug-likeness (QED) is 0.483. The van der Waals surface area contributed by atoms with Gasteiger partial charge in [-0.15, -0.1) is 0 Å². The van der Waals surface area contributed by atoms with Crippen molar-refractivity contribution in [2.75, 3.05) is 0 Å². The number of nitriles is 1. The summed E-state index contributed by atoms with van der Waals surface area (Å²) in [6.45, 7) is 11.5. The molecule has 0 amide bonds. The van der Waals surface area contributed by atoms with Crippen LogP contribution >= 0.6 is 0 Å². The summed E-state index contributed by atoms with van der Waals surface area (Å²) in [6, 6.07) is 1.96. The molecule has 0 aliphatic rings. The average molecular weight is 199 g/mol. The van der Waals surface area contributed by atoms with Crippen LogP contribution in [0.1, 0.15) is 20.3 Å². The lowest BCUT2D eigenvalue weighted by atomic mass is 10.1. The Bertz CT molecular complexity index is 359. The van der Waals surface area contributed by atoms with Gasteiger partial charge in [-0.2, -0.15) is 5.26 Å². The molecule has 78 valence electrons. The van der Waals surface area contributed by atoms with Crippen LogP contribution in [0.3, 0.4) is 0 Å². The summed E-state index contributed by atoms with van der Waals surface area (Å²) in [5, 5.41) is 8.46. The second-order valence-electron chi connectivity index (χ2n) is 3.27. The summed E-state index contributed by atoms with van der Waals surface area (Å²) in [5.74, 6) is 0. The van der Waals surface area contributed by atoms with Crippen LogP contribution in [0.4, 0.5) is 0 Å². The van der Waals surface area contributed by atoms with Crippen molar-refractivity contribution >= 4 is 0 Å². The summed E-state index contributed by atoms with van der Waals surface area (Å²) in [7, 11) is 0. The largest absolute Gasteiger partial charge is 0.192 e. The van der Waals surface area contributed by atoms with E-state index < -0.39 is 0 Å². The molecule has 0 saturated carbocycles. The lowest BCUT2D eigenvalue weighted by Gasteiger charge is -1.93. The molecule has 0 saturated heterocycles. The molecule has 0 bridgehead atoms. The fourth-order valence-electron chi connectivity index (χ4n) is 0.803. The molecule has 0 aromatic heterocycles. The van der Waals surface area contributed by atoms with Crippen molar-refractivity contribution in [1.82, 2.24) is 0 Å². The highest BCUT2D eigenvalue weighted by atomic mass is 14.2. The highest BCUT2D eigenvalue weighted by molar-refractivity contribution is 5.31. The van der Waals surface area contributed by atoms with Gasteiger partial charge in [-0.3, -0.25) is 0 Å². The van der Waals surface area contributed by atoms with Gasteiger partial charge in [-0.25, -0.2) is 0 Å². The predicted molar refractivity (Wildman–Crippen MR) is 66.2 cm³/mol. The Hall–Kier alpha value is -1.81. The van der Waals surface area contributed by atoms with E-state index in [1.165, 1.54) is 5.57 Å². The van der Waals surface area contributed by atoms with Crippen LogP contribution in [0, 0.1) is 11.3 Å². The Labute approximate surface area is 92.4 Å². The van der Waals surface area contributed by atoms with E-state index in [2.05, 4.69) is 13.2 Å². The number of hydrogen-bond acceptors (Lipinski definition) is 1. The number of allylic oxidation sites excluding steroid dienone is 8. The van der Waals surface area contributed by atoms with Crippen LogP contribution in [0.25, 0.3) is 0 Å². The third kappa shape index (κ3) is 7.28. The van der Waals surface area contributed by atoms with Crippen LogP contribution < -0.4 is 0 Å². The molecule has 15 heavy (non-hydrogen) atoms. The van der Waals surface area contributed by atoms with Gasteiger partial charge >= 0.3 is 0 Å². The molecule has 1 nitrogen and oxygen atoms in total. The maximum absolute atomic E-state index is 8.46. The van der Waals surface area contributed by atoms with Gasteiger partial charge in [0.25, 0.3) is 0 Å². The van der Waals surface area contributed by atoms with Crippen molar-refractivity contribution < 1.29 is 0 Å². The Kier molecular flexibility index (Phi) is 6.67. The van der Waals surface area contributed by atoms with E-state index in [-0.39, 0.29) is 0 Å². The topological polar surface area (TPSA) is 23.8 Å². The number of nitrogens with zero attached hydrogens (tertiary/aromatic N) is 1. The Morgan fingerprint density at radius 3 is 2.47 bits per heavy atom. The number of hydrogen-bond donors (Lipinski definition) is 0. The van der Waals surface area contributed by atoms with Crippen LogP contribution in [0.15, 0.2) is 60.3 Å². The first kappa shape index (κ1) is 13.2. The zero-order valence-corrected chi connectivity index (χ0v) is 9.46. The summed E-state index contributed by atoms with van der Waals surface area (Å²) < 4.78 is 0. The fourth-order valence-corrected chi connectivity index (χ4v) is 0.803. The summed E-state index contributed by atoms with van der Waals surface area (Å²) in [6.07, 6.45) is 10.4. The fraction of sp³-hybridized carbons (Fsp3) is 0.214. The highest BCUT2D eigenvalue weighted by Gasteiger charge is 1.86. The van der Waals surface area contributed by atoms with Gasteiger partial charge < -0.3 is 0 Å². The summed E-state index contributed by atoms with van der Waals surface area (Å²) >= 11 is 0. The second-order valence-corrected chi connectivity index (χ2v) is 3.27. The van der Waals surface area contributed by atoms with Crippen LogP contribution in [0.2, 0.25) is 0 Å². The molecule has 0 spiro atoms. The van der Waals surface area contributed by atoms with E-state index in [1.54, 1.807) is 6.08 Å². The van der Waals surface area contributed by atoms with Crippen LogP contribution in [0.5, 0.6) is 0 Å². The van der Waals surface area contributed by atoms with Crippen LogP contribution in [-0.4, -0.2) is 0 Å². The molecule has 0 radical (unpaired) electrons. The van der Waals surface area contributed by atoms with E-state index in [0.29, 0.717) is 5.57 Å². The average Bonchev–Trinajstić information content (AvgIpc) is 2.25. The summed E-state index contributed by atoms with van der Waals surface area (Å²) in [4.78, 5) is 0. The minimum Gasteiger partial charge on any atom is -0.192 e. The molecule has 1 heteroatoms. The first-order valence-electron chi connectivity index (χ1n) is 4.84. The molecule has 0 heterocycles. The third-order valence-corrected chi connectivity index (χ3v) is 1.88. The lowest BCUT2D eigenvalue weighted by molar-refractivity contribution is 1.29. The predicted octanol–water partition coefficient (Wildman–Crippen LogP) is 4.09. The zero-order valence-electron chi connectivity index (χ0n) is 9.46. The maximum atomic E-state index is 8.46. The molecule has 0 aromatic rings. The van der Waals surface area contributed by atoms with Gasteiger partial charge in [0.05, 0.1) is 6.07 Å². The maximum Gasteiger partial charge on any atom is 0.0985 e. The third-order valence-electron chi connectivity index (χ3n) is 1.88. The van der Waals surface area contributed by atoms with Crippen molar-refractivity contribution in [3.8, 4) is 6.07 Å². The molecule has 0 N–H and O–H groups in total. The van der Waals surface area contributed by atoms with Crippen molar-refractivity contribution in [2.45, 2.75) is 20.3 Å². The Balaban J connectivity index is 4.08. The number of rotatable bonds is 5. The van der Waals surface area contributed by atoms with Gasteiger partial charge in [0.1, 0.15) is 0 Å². The minimum absolute atomic E-state index is 0.469. The van der Waals surface area contributed by atoms with Gasteiger partial charge in [0, 0.05) is 5.57 Å². The Morgan fingerprint density at radius 1 is 1.27 bits per heavy atom. The van der Waals surface area contributed by atoms with Crippen LogP contribution in [-0.2, 0) is 0 Å². The molecule has 0 rings (SSSR count). The van der Waals surface area contributed by atoms with Crippen molar-refractivity contribution in [3.63, 3.8) is 0 Å². The zero-order chi connectivity index (χ0) is 11.7. The van der Waals surface area contributed by atoms with E-state index in [0.717, 1.165) is 12.0 Å². The van der Waals surface area contributed by atoms with E-state index >= 15 is 0 Å². The van der Waals surface area contributed by atoms with E-state index in [1.807, 2.05) is 44.2 Å². The standard InChI is InChI=1S/C14H17N/c1-5-12(2)9-10-13(3)7-6-8-14(4)11-15/h5-6,8-10H,3-4,7H2,1-2H3/b8-6-,10-9-,12-5-. The van der Waals surface area contributed by atoms with Crippen molar-refractivity contribution in [3.05, 3.63) is 60.3 Å². The normalized spacial score (nSPS) is 11.9. The SMILES string of the molecule is C=C(C#N)/C=C\CC(=C)/C=C\C(C)=C/C. The first-order chi connectivity index (χ1) is 7.10.